The summed E-state index contributed by atoms with van der Waals surface area (Å²) in [6.07, 6.45) is 12.8. The van der Waals surface area contributed by atoms with Gasteiger partial charge in [-0.15, -0.1) is 40.4 Å². The number of nitriles is 1. The van der Waals surface area contributed by atoms with Crippen LogP contribution < -0.4 is 0 Å². The second kappa shape index (κ2) is 7.17. The summed E-state index contributed by atoms with van der Waals surface area (Å²) < 4.78 is 0. The minimum Gasteiger partial charge on any atom is -0.244 e. The fourth-order valence-corrected chi connectivity index (χ4v) is 3.95. The van der Waals surface area contributed by atoms with Crippen molar-refractivity contribution in [1.29, 1.82) is 5.26 Å². The Morgan fingerprint density at radius 3 is 2.04 bits per heavy atom. The summed E-state index contributed by atoms with van der Waals surface area (Å²) in [7, 11) is 0. The zero-order valence-electron chi connectivity index (χ0n) is 11.8. The minimum atomic E-state index is 0.564. The molecule has 3 rings (SSSR count). The number of allylic oxidation sites excluding steroid dienone is 2. The van der Waals surface area contributed by atoms with E-state index in [2.05, 4.69) is 22.0 Å². The van der Waals surface area contributed by atoms with Gasteiger partial charge < -0.3 is 0 Å². The average molecular weight is 351 g/mol. The molecule has 6 heteroatoms. The Bertz CT molecular complexity index is 854. The Morgan fingerprint density at radius 1 is 1.00 bits per heavy atom. The summed E-state index contributed by atoms with van der Waals surface area (Å²) in [5.41, 5.74) is 1.33. The summed E-state index contributed by atoms with van der Waals surface area (Å²) in [6, 6.07) is 6.15. The van der Waals surface area contributed by atoms with E-state index >= 15 is 0 Å². The Hall–Kier alpha value is -2.51. The summed E-state index contributed by atoms with van der Waals surface area (Å²) >= 11 is 4.54. The van der Waals surface area contributed by atoms with Gasteiger partial charge >= 0.3 is 0 Å². The first-order chi connectivity index (χ1) is 11.3. The highest BCUT2D eigenvalue weighted by Crippen LogP contribution is 2.27. The number of hydrogen-bond acceptors (Lipinski definition) is 6. The van der Waals surface area contributed by atoms with Crippen LogP contribution in [-0.4, -0.2) is 9.97 Å². The number of nitrogens with zero attached hydrogens (tertiary/aromatic N) is 3. The van der Waals surface area contributed by atoms with Gasteiger partial charge in [0.05, 0.1) is 11.1 Å². The van der Waals surface area contributed by atoms with E-state index in [9.17, 15) is 5.26 Å². The van der Waals surface area contributed by atoms with Gasteiger partial charge in [0.1, 0.15) is 16.1 Å². The molecule has 0 radical (unpaired) electrons. The third-order valence-corrected chi connectivity index (χ3v) is 5.41. The van der Waals surface area contributed by atoms with Crippen LogP contribution in [0.15, 0.2) is 35.3 Å². The molecular formula is C17H9N3S3. The fraction of sp³-hybridized carbons (Fsp3) is 0. The molecule has 0 amide bonds. The second-order valence-corrected chi connectivity index (χ2v) is 7.22. The van der Waals surface area contributed by atoms with Crippen molar-refractivity contribution in [2.75, 3.05) is 0 Å². The van der Waals surface area contributed by atoms with E-state index in [1.165, 1.54) is 22.7 Å². The number of hydrogen-bond donors (Lipinski definition) is 0. The van der Waals surface area contributed by atoms with Crippen molar-refractivity contribution in [3.63, 3.8) is 0 Å². The number of aromatic nitrogens is 2. The van der Waals surface area contributed by atoms with Crippen molar-refractivity contribution in [1.82, 2.24) is 9.97 Å². The zero-order valence-corrected chi connectivity index (χ0v) is 14.2. The van der Waals surface area contributed by atoms with E-state index in [-0.39, 0.29) is 0 Å². The maximum atomic E-state index is 9.28. The molecule has 23 heavy (non-hydrogen) atoms. The standard InChI is InChI=1S/C17H9N3S3/c1-2-12(16-19-5-7-21-16)9-14-3-4-15(23-14)10-13(11-18)17-20-6-8-22-17/h1,3-10H/b12-9+,13-10+. The zero-order chi connectivity index (χ0) is 16.1. The summed E-state index contributed by atoms with van der Waals surface area (Å²) in [5, 5.41) is 14.6. The fourth-order valence-electron chi connectivity index (χ4n) is 1.83. The molecule has 110 valence electrons. The summed E-state index contributed by atoms with van der Waals surface area (Å²) in [6.45, 7) is 0. The number of terminal acetylenes is 1. The van der Waals surface area contributed by atoms with Crippen LogP contribution in [0.4, 0.5) is 0 Å². The monoisotopic (exact) mass is 351 g/mol. The van der Waals surface area contributed by atoms with Gasteiger partial charge in [-0.1, -0.05) is 5.92 Å². The van der Waals surface area contributed by atoms with Gasteiger partial charge in [0, 0.05) is 32.9 Å². The molecule has 0 atom stereocenters. The Morgan fingerprint density at radius 2 is 1.57 bits per heavy atom. The summed E-state index contributed by atoms with van der Waals surface area (Å²) in [5.74, 6) is 2.68. The van der Waals surface area contributed by atoms with Gasteiger partial charge in [-0.3, -0.25) is 0 Å². The van der Waals surface area contributed by atoms with Crippen molar-refractivity contribution in [2.45, 2.75) is 0 Å². The van der Waals surface area contributed by atoms with Crippen LogP contribution in [0.2, 0.25) is 0 Å². The van der Waals surface area contributed by atoms with Crippen molar-refractivity contribution in [3.8, 4) is 18.4 Å². The molecule has 0 fully saturated rings. The highest BCUT2D eigenvalue weighted by Gasteiger charge is 2.06. The highest BCUT2D eigenvalue weighted by atomic mass is 32.1. The van der Waals surface area contributed by atoms with Crippen LogP contribution in [-0.2, 0) is 0 Å². The Labute approximate surface area is 145 Å². The van der Waals surface area contributed by atoms with Gasteiger partial charge in [0.25, 0.3) is 0 Å². The predicted molar refractivity (Wildman–Crippen MR) is 98.7 cm³/mol. The second-order valence-electron chi connectivity index (χ2n) is 4.29. The lowest BCUT2D eigenvalue weighted by Crippen LogP contribution is -1.77. The van der Waals surface area contributed by atoms with Crippen LogP contribution in [0.1, 0.15) is 19.8 Å². The van der Waals surface area contributed by atoms with E-state index < -0.39 is 0 Å². The quantitative estimate of drug-likeness (QED) is 0.496. The summed E-state index contributed by atoms with van der Waals surface area (Å²) in [4.78, 5) is 10.4. The van der Waals surface area contributed by atoms with Gasteiger partial charge in [-0.2, -0.15) is 5.26 Å². The molecule has 0 aliphatic carbocycles. The molecule has 0 aliphatic heterocycles. The van der Waals surface area contributed by atoms with E-state index in [4.69, 9.17) is 6.42 Å². The molecule has 0 unspecified atom stereocenters. The highest BCUT2D eigenvalue weighted by molar-refractivity contribution is 7.14. The molecule has 0 bridgehead atoms. The first-order valence-corrected chi connectivity index (χ1v) is 9.07. The molecule has 3 nitrogen and oxygen atoms in total. The molecule has 0 spiro atoms. The molecule has 3 heterocycles. The number of thiophene rings is 1. The maximum absolute atomic E-state index is 9.28. The molecule has 0 saturated carbocycles. The molecule has 0 aromatic carbocycles. The lowest BCUT2D eigenvalue weighted by atomic mass is 10.2. The van der Waals surface area contributed by atoms with Crippen molar-refractivity contribution in [2.24, 2.45) is 0 Å². The normalized spacial score (nSPS) is 11.9. The van der Waals surface area contributed by atoms with Crippen molar-refractivity contribution < 1.29 is 0 Å². The van der Waals surface area contributed by atoms with Crippen LogP contribution in [0.3, 0.4) is 0 Å². The van der Waals surface area contributed by atoms with Gasteiger partial charge in [-0.05, 0) is 24.3 Å². The lowest BCUT2D eigenvalue weighted by molar-refractivity contribution is 1.38. The topological polar surface area (TPSA) is 49.6 Å². The number of thiazole rings is 2. The molecule has 0 N–H and O–H groups in total. The van der Waals surface area contributed by atoms with Gasteiger partial charge in [0.15, 0.2) is 0 Å². The molecular weight excluding hydrogens is 342 g/mol. The largest absolute Gasteiger partial charge is 0.244 e. The Kier molecular flexibility index (Phi) is 4.80. The molecule has 3 aromatic rings. The van der Waals surface area contributed by atoms with Crippen molar-refractivity contribution in [3.05, 3.63) is 55.1 Å². The maximum Gasteiger partial charge on any atom is 0.133 e. The van der Waals surface area contributed by atoms with Crippen LogP contribution >= 0.6 is 34.0 Å². The molecule has 3 aromatic heterocycles. The third kappa shape index (κ3) is 3.64. The lowest BCUT2D eigenvalue weighted by Gasteiger charge is -1.93. The van der Waals surface area contributed by atoms with E-state index in [1.54, 1.807) is 23.7 Å². The first kappa shape index (κ1) is 15.4. The van der Waals surface area contributed by atoms with Crippen LogP contribution in [0.5, 0.6) is 0 Å². The Balaban J connectivity index is 1.89. The van der Waals surface area contributed by atoms with E-state index in [0.29, 0.717) is 5.57 Å². The smallest absolute Gasteiger partial charge is 0.133 e. The third-order valence-electron chi connectivity index (χ3n) is 2.82. The predicted octanol–water partition coefficient (Wildman–Crippen LogP) is 4.90. The number of rotatable bonds is 4. The average Bonchev–Trinajstić information content (AvgIpc) is 3.32. The van der Waals surface area contributed by atoms with E-state index in [0.717, 1.165) is 25.3 Å². The first-order valence-electron chi connectivity index (χ1n) is 6.50. The van der Waals surface area contributed by atoms with Gasteiger partial charge in [-0.25, -0.2) is 9.97 Å². The van der Waals surface area contributed by atoms with E-state index in [1.807, 2.05) is 35.0 Å². The van der Waals surface area contributed by atoms with Gasteiger partial charge in [0.2, 0.25) is 0 Å². The minimum absolute atomic E-state index is 0.564. The molecule has 0 aliphatic rings. The van der Waals surface area contributed by atoms with Crippen molar-refractivity contribution >= 4 is 57.3 Å². The SMILES string of the molecule is C#C/C(=C\c1ccc(/C=C(\C#N)c2nccs2)s1)c1nccs1. The van der Waals surface area contributed by atoms with Crippen LogP contribution in [0.25, 0.3) is 23.3 Å². The molecule has 0 saturated heterocycles. The van der Waals surface area contributed by atoms with Crippen LogP contribution in [0, 0.1) is 23.7 Å².